The number of esters is 1. The molecule has 4 fully saturated rings. The van der Waals surface area contributed by atoms with Gasteiger partial charge in [0.1, 0.15) is 11.9 Å². The van der Waals surface area contributed by atoms with Gasteiger partial charge in [0.15, 0.2) is 11.5 Å². The van der Waals surface area contributed by atoms with Gasteiger partial charge in [0.2, 0.25) is 5.91 Å². The summed E-state index contributed by atoms with van der Waals surface area (Å²) in [4.78, 5) is 43.7. The first-order valence-electron chi connectivity index (χ1n) is 18.9. The van der Waals surface area contributed by atoms with Crippen LogP contribution in [0.2, 0.25) is 0 Å². The van der Waals surface area contributed by atoms with Crippen molar-refractivity contribution in [2.24, 2.45) is 17.8 Å². The monoisotopic (exact) mass is 632 g/mol. The molecule has 3 saturated carbocycles. The summed E-state index contributed by atoms with van der Waals surface area (Å²) < 4.78 is 12.9. The number of unbranched alkanes of at least 4 members (excludes halogenated alkanes) is 1. The van der Waals surface area contributed by atoms with E-state index in [1.807, 2.05) is 6.07 Å². The average molecular weight is 633 g/mol. The smallest absolute Gasteiger partial charge is 0.308 e. The molecule has 1 saturated heterocycles. The first-order chi connectivity index (χ1) is 22.3. The highest BCUT2D eigenvalue weighted by Crippen LogP contribution is 2.64. The number of Topliss-reactive ketones (excluding diaryl/α,β-unsaturated/α-hetero) is 1. The van der Waals surface area contributed by atoms with E-state index in [-0.39, 0.29) is 35.4 Å². The fourth-order valence-corrected chi connectivity index (χ4v) is 11.0. The minimum Gasteiger partial charge on any atom is -0.483 e. The molecule has 1 aromatic rings. The van der Waals surface area contributed by atoms with E-state index < -0.39 is 0 Å². The Labute approximate surface area is 276 Å². The third-order valence-electron chi connectivity index (χ3n) is 12.9. The van der Waals surface area contributed by atoms with Gasteiger partial charge in [-0.2, -0.15) is 0 Å². The Bertz CT molecular complexity index is 1300. The lowest BCUT2D eigenvalue weighted by Crippen LogP contribution is -2.69. The van der Waals surface area contributed by atoms with Gasteiger partial charge in [-0.15, -0.1) is 0 Å². The zero-order valence-corrected chi connectivity index (χ0v) is 28.4. The van der Waals surface area contributed by atoms with Crippen molar-refractivity contribution in [3.8, 4) is 11.5 Å². The minimum atomic E-state index is -0.340. The largest absolute Gasteiger partial charge is 0.483 e. The van der Waals surface area contributed by atoms with Crippen LogP contribution < -0.4 is 9.47 Å². The molecule has 1 spiro atoms. The maximum absolute atomic E-state index is 14.4. The van der Waals surface area contributed by atoms with Gasteiger partial charge in [-0.05, 0) is 87.8 Å². The lowest BCUT2D eigenvalue weighted by Gasteiger charge is -2.60. The summed E-state index contributed by atoms with van der Waals surface area (Å²) in [6, 6.07) is 4.32. The van der Waals surface area contributed by atoms with Crippen LogP contribution >= 0.6 is 0 Å². The number of carbonyl (C=O) groups is 3. The summed E-state index contributed by atoms with van der Waals surface area (Å²) in [6.07, 6.45) is 20.7. The second kappa shape index (κ2) is 13.6. The summed E-state index contributed by atoms with van der Waals surface area (Å²) in [7, 11) is 0. The Balaban J connectivity index is 1.19. The van der Waals surface area contributed by atoms with E-state index in [0.717, 1.165) is 63.3 Å². The number of piperidine rings is 1. The molecule has 7 nitrogen and oxygen atoms in total. The van der Waals surface area contributed by atoms with Crippen molar-refractivity contribution >= 4 is 17.7 Å². The van der Waals surface area contributed by atoms with Gasteiger partial charge in [0.25, 0.3) is 0 Å². The molecule has 2 aliphatic heterocycles. The van der Waals surface area contributed by atoms with E-state index in [2.05, 4.69) is 15.9 Å². The van der Waals surface area contributed by atoms with Gasteiger partial charge in [0, 0.05) is 36.9 Å². The van der Waals surface area contributed by atoms with E-state index in [1.165, 1.54) is 88.7 Å². The molecule has 0 aromatic heterocycles. The maximum atomic E-state index is 14.4. The van der Waals surface area contributed by atoms with Crippen LogP contribution in [0.4, 0.5) is 0 Å². The molecule has 2 bridgehead atoms. The first-order valence-corrected chi connectivity index (χ1v) is 18.9. The van der Waals surface area contributed by atoms with Crippen molar-refractivity contribution in [2.45, 2.75) is 153 Å². The van der Waals surface area contributed by atoms with Crippen LogP contribution in [0.1, 0.15) is 134 Å². The molecule has 6 aliphatic rings. The predicted molar refractivity (Wildman–Crippen MR) is 178 cm³/mol. The quantitative estimate of drug-likeness (QED) is 0.146. The van der Waals surface area contributed by atoms with Crippen LogP contribution in [-0.4, -0.2) is 65.3 Å². The van der Waals surface area contributed by atoms with Crippen LogP contribution in [0.15, 0.2) is 12.1 Å². The Hall–Kier alpha value is -2.41. The summed E-state index contributed by atoms with van der Waals surface area (Å²) in [5, 5.41) is 0. The Morgan fingerprint density at radius 1 is 0.935 bits per heavy atom. The Morgan fingerprint density at radius 2 is 1.67 bits per heavy atom. The van der Waals surface area contributed by atoms with Gasteiger partial charge in [-0.3, -0.25) is 19.3 Å². The zero-order valence-electron chi connectivity index (χ0n) is 28.4. The number of amides is 1. The van der Waals surface area contributed by atoms with Gasteiger partial charge >= 0.3 is 5.97 Å². The number of benzene rings is 1. The zero-order chi connectivity index (χ0) is 31.8. The highest BCUT2D eigenvalue weighted by atomic mass is 16.6. The highest BCUT2D eigenvalue weighted by Gasteiger charge is 2.66. The van der Waals surface area contributed by atoms with Crippen LogP contribution in [0.5, 0.6) is 11.5 Å². The van der Waals surface area contributed by atoms with Gasteiger partial charge in [-0.1, -0.05) is 70.3 Å². The summed E-state index contributed by atoms with van der Waals surface area (Å²) in [5.74, 6) is 3.22. The molecule has 0 radical (unpaired) electrons. The topological polar surface area (TPSA) is 76.2 Å². The van der Waals surface area contributed by atoms with Crippen LogP contribution in [0, 0.1) is 17.8 Å². The third-order valence-corrected chi connectivity index (χ3v) is 12.9. The molecular formula is C39H56N2O5. The SMILES string of the molecule is CC(=O)CN1CC[C@]23c4c5ccc(OC(C)=O)c4O[C@H]2[C@@H](N(CC2CCCCC2)C(=O)CCCCC2CCCCC2)CC[C@H]3[C@H]1C5. The molecule has 7 heteroatoms. The maximum Gasteiger partial charge on any atom is 0.308 e. The second-order valence-electron chi connectivity index (χ2n) is 15.8. The minimum absolute atomic E-state index is 0.00700. The molecule has 5 atom stereocenters. The normalized spacial score (nSPS) is 30.7. The predicted octanol–water partition coefficient (Wildman–Crippen LogP) is 7.16. The van der Waals surface area contributed by atoms with Gasteiger partial charge in [0.05, 0.1) is 12.6 Å². The standard InChI is InChI=1S/C39H56N2O5/c1-26(42)24-40-22-21-39-31-18-19-32(38(39)46-37-34(45-27(2)43)20-17-30(36(37)39)23-33(31)40)41(25-29-14-7-4-8-15-29)35(44)16-10-9-13-28-11-5-3-6-12-28/h17,20,28-29,31-33,38H,3-16,18-19,21-25H2,1-2H3/t31-,32-,33+,38-,39-/m0/s1. The molecule has 0 unspecified atom stereocenters. The van der Waals surface area contributed by atoms with Crippen molar-refractivity contribution in [2.75, 3.05) is 19.6 Å². The first kappa shape index (κ1) is 32.2. The van der Waals surface area contributed by atoms with Crippen LogP contribution in [0.25, 0.3) is 0 Å². The molecule has 1 amide bonds. The molecule has 46 heavy (non-hydrogen) atoms. The Kier molecular flexibility index (Phi) is 9.51. The number of likely N-dealkylation sites (tertiary alicyclic amines) is 1. The number of ether oxygens (including phenoxy) is 2. The molecular weight excluding hydrogens is 576 g/mol. The molecule has 1 aromatic carbocycles. The lowest BCUT2D eigenvalue weighted by atomic mass is 9.51. The molecule has 0 N–H and O–H groups in total. The fourth-order valence-electron chi connectivity index (χ4n) is 11.0. The number of nitrogens with zero attached hydrogens (tertiary/aromatic N) is 2. The number of carbonyl (C=O) groups excluding carboxylic acids is 3. The number of hydrogen-bond donors (Lipinski definition) is 0. The van der Waals surface area contributed by atoms with Crippen molar-refractivity contribution in [3.05, 3.63) is 23.3 Å². The van der Waals surface area contributed by atoms with Crippen molar-refractivity contribution in [1.82, 2.24) is 9.80 Å². The third kappa shape index (κ3) is 6.03. The average Bonchev–Trinajstić information content (AvgIpc) is 3.40. The van der Waals surface area contributed by atoms with E-state index in [1.54, 1.807) is 6.92 Å². The summed E-state index contributed by atoms with van der Waals surface area (Å²) >= 11 is 0. The number of rotatable bonds is 11. The van der Waals surface area contributed by atoms with E-state index in [9.17, 15) is 14.4 Å². The molecule has 252 valence electrons. The van der Waals surface area contributed by atoms with Gasteiger partial charge < -0.3 is 14.4 Å². The molecule has 2 heterocycles. The van der Waals surface area contributed by atoms with Crippen molar-refractivity contribution < 1.29 is 23.9 Å². The van der Waals surface area contributed by atoms with E-state index in [0.29, 0.717) is 36.5 Å². The molecule has 4 aliphatic carbocycles. The van der Waals surface area contributed by atoms with Crippen LogP contribution in [0.3, 0.4) is 0 Å². The number of ketones is 1. The van der Waals surface area contributed by atoms with Crippen molar-refractivity contribution in [1.29, 1.82) is 0 Å². The Morgan fingerprint density at radius 3 is 2.39 bits per heavy atom. The van der Waals surface area contributed by atoms with E-state index >= 15 is 0 Å². The van der Waals surface area contributed by atoms with E-state index in [4.69, 9.17) is 9.47 Å². The summed E-state index contributed by atoms with van der Waals surface area (Å²) in [5.41, 5.74) is 2.27. The van der Waals surface area contributed by atoms with Gasteiger partial charge in [-0.25, -0.2) is 0 Å². The molecule has 7 rings (SSSR count). The summed E-state index contributed by atoms with van der Waals surface area (Å²) in [6.45, 7) is 5.33. The highest BCUT2D eigenvalue weighted by molar-refractivity contribution is 5.78. The number of hydrogen-bond acceptors (Lipinski definition) is 6. The van der Waals surface area contributed by atoms with Crippen LogP contribution in [-0.2, 0) is 26.2 Å². The fraction of sp³-hybridized carbons (Fsp3) is 0.769. The second-order valence-corrected chi connectivity index (χ2v) is 15.8. The van der Waals surface area contributed by atoms with Crippen molar-refractivity contribution in [3.63, 3.8) is 0 Å². The lowest BCUT2D eigenvalue weighted by molar-refractivity contribution is -0.145.